The van der Waals surface area contributed by atoms with Crippen molar-refractivity contribution in [2.75, 3.05) is 11.5 Å². The van der Waals surface area contributed by atoms with Crippen LogP contribution in [0.25, 0.3) is 0 Å². The second-order valence-electron chi connectivity index (χ2n) is 5.60. The summed E-state index contributed by atoms with van der Waals surface area (Å²) in [6, 6.07) is 5.90. The molecule has 1 aromatic carbocycles. The molecule has 3 unspecified atom stereocenters. The predicted octanol–water partition coefficient (Wildman–Crippen LogP) is 1.54. The third kappa shape index (κ3) is 5.88. The van der Waals surface area contributed by atoms with E-state index in [2.05, 4.69) is 13.4 Å². The topological polar surface area (TPSA) is 157 Å². The van der Waals surface area contributed by atoms with Gasteiger partial charge in [-0.15, -0.1) is 0 Å². The molecule has 1 aliphatic rings. The Bertz CT molecular complexity index is 841. The fraction of sp³-hybridized carbons (Fsp3) is 0.357. The van der Waals surface area contributed by atoms with Crippen LogP contribution in [0.15, 0.2) is 24.3 Å². The van der Waals surface area contributed by atoms with Gasteiger partial charge in [0.2, 0.25) is 11.8 Å². The molecule has 0 spiro atoms. The van der Waals surface area contributed by atoms with Crippen molar-refractivity contribution < 1.29 is 46.7 Å². The zero-order valence-corrected chi connectivity index (χ0v) is 15.9. The van der Waals surface area contributed by atoms with Crippen LogP contribution >= 0.6 is 15.6 Å². The quantitative estimate of drug-likeness (QED) is 0.340. The maximum atomic E-state index is 12.1. The summed E-state index contributed by atoms with van der Waals surface area (Å²) in [5.74, 6) is -1.16. The lowest BCUT2D eigenvalue weighted by atomic mass is 10.1. The SMILES string of the molecule is CC1CC(=O)N(c2cccc(COP(=O)(O)OP(=O)(O)OCC=O)c2)C1=O. The monoisotopic (exact) mass is 421 g/mol. The molecule has 0 aliphatic carbocycles. The van der Waals surface area contributed by atoms with E-state index in [1.165, 1.54) is 24.3 Å². The molecule has 0 saturated carbocycles. The molecule has 2 amide bonds. The average Bonchev–Trinajstić information content (AvgIpc) is 2.83. The van der Waals surface area contributed by atoms with Gasteiger partial charge in [-0.05, 0) is 17.7 Å². The first-order valence-corrected chi connectivity index (χ1v) is 10.6. The van der Waals surface area contributed by atoms with Crippen molar-refractivity contribution in [1.82, 2.24) is 0 Å². The normalized spacial score (nSPS) is 21.7. The number of hydrogen-bond donors (Lipinski definition) is 2. The highest BCUT2D eigenvalue weighted by Crippen LogP contribution is 2.60. The summed E-state index contributed by atoms with van der Waals surface area (Å²) in [5, 5.41) is 0. The number of carbonyl (C=O) groups excluding carboxylic acids is 3. The number of aldehydes is 1. The summed E-state index contributed by atoms with van der Waals surface area (Å²) < 4.78 is 35.9. The van der Waals surface area contributed by atoms with E-state index in [-0.39, 0.29) is 30.2 Å². The molecular weight excluding hydrogens is 404 g/mol. The van der Waals surface area contributed by atoms with E-state index in [9.17, 15) is 33.3 Å². The largest absolute Gasteiger partial charge is 0.481 e. The van der Waals surface area contributed by atoms with Crippen molar-refractivity contribution in [1.29, 1.82) is 0 Å². The molecule has 1 fully saturated rings. The van der Waals surface area contributed by atoms with Crippen molar-refractivity contribution in [3.05, 3.63) is 29.8 Å². The van der Waals surface area contributed by atoms with Gasteiger partial charge in [0.05, 0.1) is 12.3 Å². The summed E-state index contributed by atoms with van der Waals surface area (Å²) >= 11 is 0. The molecular formula is C14H17NO10P2. The van der Waals surface area contributed by atoms with Crippen LogP contribution in [0, 0.1) is 5.92 Å². The van der Waals surface area contributed by atoms with E-state index in [0.29, 0.717) is 5.56 Å². The number of nitrogens with zero attached hydrogens (tertiary/aromatic N) is 1. The van der Waals surface area contributed by atoms with Crippen LogP contribution in [-0.4, -0.2) is 34.5 Å². The van der Waals surface area contributed by atoms with Crippen LogP contribution in [-0.2, 0) is 43.5 Å². The Balaban J connectivity index is 2.05. The maximum absolute atomic E-state index is 12.1. The number of amides is 2. The summed E-state index contributed by atoms with van der Waals surface area (Å²) in [7, 11) is -9.96. The molecule has 0 bridgehead atoms. The third-order valence-electron chi connectivity index (χ3n) is 3.45. The fourth-order valence-electron chi connectivity index (χ4n) is 2.30. The van der Waals surface area contributed by atoms with E-state index in [0.717, 1.165) is 4.90 Å². The molecule has 1 aromatic rings. The molecule has 13 heteroatoms. The van der Waals surface area contributed by atoms with Crippen LogP contribution < -0.4 is 4.90 Å². The molecule has 1 saturated heterocycles. The molecule has 0 radical (unpaired) electrons. The van der Waals surface area contributed by atoms with Gasteiger partial charge in [0.25, 0.3) is 0 Å². The molecule has 0 aromatic heterocycles. The van der Waals surface area contributed by atoms with Gasteiger partial charge in [-0.25, -0.2) is 9.13 Å². The number of benzene rings is 1. The van der Waals surface area contributed by atoms with E-state index >= 15 is 0 Å². The lowest BCUT2D eigenvalue weighted by molar-refractivity contribution is -0.122. The van der Waals surface area contributed by atoms with Crippen molar-refractivity contribution in [2.24, 2.45) is 5.92 Å². The molecule has 1 aliphatic heterocycles. The van der Waals surface area contributed by atoms with Gasteiger partial charge in [-0.2, -0.15) is 4.31 Å². The third-order valence-corrected chi connectivity index (χ3v) is 6.03. The van der Waals surface area contributed by atoms with Crippen molar-refractivity contribution in [3.8, 4) is 0 Å². The van der Waals surface area contributed by atoms with Crippen LogP contribution in [0.3, 0.4) is 0 Å². The summed E-state index contributed by atoms with van der Waals surface area (Å²) in [6.45, 7) is 0.291. The van der Waals surface area contributed by atoms with Gasteiger partial charge in [0.15, 0.2) is 0 Å². The maximum Gasteiger partial charge on any atom is 0.481 e. The van der Waals surface area contributed by atoms with Gasteiger partial charge >= 0.3 is 15.6 Å². The van der Waals surface area contributed by atoms with E-state index in [1.807, 2.05) is 0 Å². The number of anilines is 1. The molecule has 2 N–H and O–H groups in total. The zero-order chi connectivity index (χ0) is 20.2. The molecule has 27 heavy (non-hydrogen) atoms. The van der Waals surface area contributed by atoms with Gasteiger partial charge in [0.1, 0.15) is 12.9 Å². The van der Waals surface area contributed by atoms with Gasteiger partial charge in [-0.3, -0.25) is 23.5 Å². The number of imide groups is 1. The predicted molar refractivity (Wildman–Crippen MR) is 90.3 cm³/mol. The van der Waals surface area contributed by atoms with Gasteiger partial charge in [-0.1, -0.05) is 19.1 Å². The Labute approximate surface area is 154 Å². The van der Waals surface area contributed by atoms with Crippen molar-refractivity contribution in [3.63, 3.8) is 0 Å². The zero-order valence-electron chi connectivity index (χ0n) is 14.1. The number of hydrogen-bond acceptors (Lipinski definition) is 8. The minimum Gasteiger partial charge on any atom is -0.302 e. The van der Waals surface area contributed by atoms with Crippen LogP contribution in [0.2, 0.25) is 0 Å². The Hall–Kier alpha value is -1.71. The van der Waals surface area contributed by atoms with E-state index < -0.39 is 34.8 Å². The highest BCUT2D eigenvalue weighted by atomic mass is 31.3. The first-order chi connectivity index (χ1) is 12.5. The molecule has 1 heterocycles. The lowest BCUT2D eigenvalue weighted by Crippen LogP contribution is -2.30. The highest BCUT2D eigenvalue weighted by molar-refractivity contribution is 7.61. The molecule has 2 rings (SSSR count). The van der Waals surface area contributed by atoms with Crippen molar-refractivity contribution in [2.45, 2.75) is 20.0 Å². The summed E-state index contributed by atoms with van der Waals surface area (Å²) in [6.07, 6.45) is 0.245. The molecule has 11 nitrogen and oxygen atoms in total. The molecule has 3 atom stereocenters. The minimum absolute atomic E-state index is 0.0891. The standard InChI is InChI=1S/C14H17NO10P2/c1-10-7-13(17)15(14(10)18)12-4-2-3-11(8-12)9-24-27(21,22)25-26(19,20)23-6-5-16/h2-5,8,10H,6-7,9H2,1H3,(H,19,20)(H,21,22). The molecule has 148 valence electrons. The Morgan fingerprint density at radius 3 is 2.48 bits per heavy atom. The fourth-order valence-corrected chi connectivity index (χ4v) is 4.28. The second kappa shape index (κ2) is 8.53. The summed E-state index contributed by atoms with van der Waals surface area (Å²) in [5.41, 5.74) is 0.568. The van der Waals surface area contributed by atoms with Crippen LogP contribution in [0.1, 0.15) is 18.9 Å². The Kier molecular flexibility index (Phi) is 6.82. The Morgan fingerprint density at radius 2 is 1.89 bits per heavy atom. The smallest absolute Gasteiger partial charge is 0.302 e. The highest BCUT2D eigenvalue weighted by Gasteiger charge is 2.37. The van der Waals surface area contributed by atoms with Gasteiger partial charge < -0.3 is 14.6 Å². The first-order valence-electron chi connectivity index (χ1n) is 7.60. The number of carbonyl (C=O) groups is 3. The second-order valence-corrected chi connectivity index (χ2v) is 8.64. The minimum atomic E-state index is -5.00. The van der Waals surface area contributed by atoms with Gasteiger partial charge in [0, 0.05) is 12.3 Å². The van der Waals surface area contributed by atoms with Crippen molar-refractivity contribution >= 4 is 39.4 Å². The van der Waals surface area contributed by atoms with Crippen LogP contribution in [0.4, 0.5) is 5.69 Å². The number of phosphoric acid groups is 2. The lowest BCUT2D eigenvalue weighted by Gasteiger charge is -2.17. The van der Waals surface area contributed by atoms with E-state index in [4.69, 9.17) is 0 Å². The number of phosphoric ester groups is 2. The first kappa shape index (κ1) is 21.6. The van der Waals surface area contributed by atoms with E-state index in [1.54, 1.807) is 6.92 Å². The van der Waals surface area contributed by atoms with Crippen LogP contribution in [0.5, 0.6) is 0 Å². The Morgan fingerprint density at radius 1 is 1.22 bits per heavy atom. The summed E-state index contributed by atoms with van der Waals surface area (Å²) in [4.78, 5) is 53.8. The average molecular weight is 421 g/mol. The number of rotatable bonds is 9.